The van der Waals surface area contributed by atoms with E-state index in [1.165, 1.54) is 6.42 Å². The molecule has 3 heterocycles. The third-order valence-corrected chi connectivity index (χ3v) is 5.20. The number of benzene rings is 1. The summed E-state index contributed by atoms with van der Waals surface area (Å²) in [4.78, 5) is 17.8. The summed E-state index contributed by atoms with van der Waals surface area (Å²) >= 11 is 0. The first-order valence-electron chi connectivity index (χ1n) is 9.27. The maximum absolute atomic E-state index is 13.4. The van der Waals surface area contributed by atoms with E-state index in [4.69, 9.17) is 4.74 Å². The van der Waals surface area contributed by atoms with Gasteiger partial charge in [0.1, 0.15) is 0 Å². The zero-order valence-electron chi connectivity index (χ0n) is 14.8. The van der Waals surface area contributed by atoms with Crippen molar-refractivity contribution in [1.29, 1.82) is 0 Å². The lowest BCUT2D eigenvalue weighted by Crippen LogP contribution is -2.51. The zero-order chi connectivity index (χ0) is 17.8. The summed E-state index contributed by atoms with van der Waals surface area (Å²) in [5, 5.41) is 14.2. The number of piperidine rings is 1. The molecule has 2 aliphatic heterocycles. The highest BCUT2D eigenvalue weighted by Gasteiger charge is 2.30. The standard InChI is InChI=1S/C18H24N6O2/c25-18(16-7-2-1-6-15(16)17-19-21-22-20-17)24-8-4-3-5-14(24)13-23-9-11-26-12-10-23/h1-2,6-7,14H,3-5,8-13H2,(H,19,20,21,22)/t14-/m0/s1. The van der Waals surface area contributed by atoms with Crippen molar-refractivity contribution in [3.8, 4) is 11.4 Å². The number of aromatic nitrogens is 4. The first-order chi connectivity index (χ1) is 12.8. The van der Waals surface area contributed by atoms with Crippen molar-refractivity contribution in [2.24, 2.45) is 0 Å². The molecule has 1 aromatic carbocycles. The lowest BCUT2D eigenvalue weighted by atomic mass is 9.98. The van der Waals surface area contributed by atoms with Crippen molar-refractivity contribution in [3.05, 3.63) is 29.8 Å². The fourth-order valence-corrected chi connectivity index (χ4v) is 3.83. The van der Waals surface area contributed by atoms with Crippen molar-refractivity contribution in [2.45, 2.75) is 25.3 Å². The molecule has 0 bridgehead atoms. The predicted octanol–water partition coefficient (Wildman–Crippen LogP) is 1.19. The van der Waals surface area contributed by atoms with Gasteiger partial charge >= 0.3 is 0 Å². The number of morpholine rings is 1. The van der Waals surface area contributed by atoms with Crippen LogP contribution in [0.5, 0.6) is 0 Å². The number of likely N-dealkylation sites (tertiary alicyclic amines) is 1. The van der Waals surface area contributed by atoms with E-state index in [1.807, 2.05) is 29.2 Å². The Balaban J connectivity index is 1.56. The molecular formula is C18H24N6O2. The number of amides is 1. The van der Waals surface area contributed by atoms with Crippen LogP contribution < -0.4 is 0 Å². The van der Waals surface area contributed by atoms with Gasteiger partial charge in [0.25, 0.3) is 5.91 Å². The molecule has 2 saturated heterocycles. The average Bonchev–Trinajstić information content (AvgIpc) is 3.23. The highest BCUT2D eigenvalue weighted by Crippen LogP contribution is 2.25. The van der Waals surface area contributed by atoms with Crippen LogP contribution in [0.25, 0.3) is 11.4 Å². The molecule has 2 aliphatic rings. The number of hydrogen-bond acceptors (Lipinski definition) is 6. The predicted molar refractivity (Wildman–Crippen MR) is 95.5 cm³/mol. The van der Waals surface area contributed by atoms with Crippen LogP contribution >= 0.6 is 0 Å². The van der Waals surface area contributed by atoms with E-state index in [2.05, 4.69) is 25.5 Å². The molecule has 1 aromatic heterocycles. The van der Waals surface area contributed by atoms with Crippen molar-refractivity contribution in [2.75, 3.05) is 39.4 Å². The van der Waals surface area contributed by atoms with E-state index >= 15 is 0 Å². The summed E-state index contributed by atoms with van der Waals surface area (Å²) in [7, 11) is 0. The van der Waals surface area contributed by atoms with Crippen LogP contribution in [0.3, 0.4) is 0 Å². The minimum atomic E-state index is 0.0587. The van der Waals surface area contributed by atoms with Gasteiger partial charge in [0, 0.05) is 37.8 Å². The topological polar surface area (TPSA) is 87.2 Å². The van der Waals surface area contributed by atoms with Gasteiger partial charge < -0.3 is 9.64 Å². The van der Waals surface area contributed by atoms with E-state index < -0.39 is 0 Å². The van der Waals surface area contributed by atoms with Gasteiger partial charge in [-0.3, -0.25) is 9.69 Å². The highest BCUT2D eigenvalue weighted by molar-refractivity contribution is 6.00. The van der Waals surface area contributed by atoms with Crippen molar-refractivity contribution < 1.29 is 9.53 Å². The lowest BCUT2D eigenvalue weighted by molar-refractivity contribution is 0.0166. The molecule has 1 amide bonds. The molecule has 8 nitrogen and oxygen atoms in total. The van der Waals surface area contributed by atoms with Gasteiger partial charge in [0.05, 0.1) is 18.8 Å². The Morgan fingerprint density at radius 1 is 1.19 bits per heavy atom. The SMILES string of the molecule is O=C(c1ccccc1-c1nn[nH]n1)N1CCCC[C@H]1CN1CCOCC1. The van der Waals surface area contributed by atoms with Gasteiger partial charge in [-0.15, -0.1) is 10.2 Å². The largest absolute Gasteiger partial charge is 0.379 e. The van der Waals surface area contributed by atoms with Gasteiger partial charge in [0.15, 0.2) is 0 Å². The number of aromatic amines is 1. The Morgan fingerprint density at radius 2 is 2.04 bits per heavy atom. The number of H-pyrrole nitrogens is 1. The Bertz CT molecular complexity index is 729. The maximum Gasteiger partial charge on any atom is 0.254 e. The summed E-state index contributed by atoms with van der Waals surface area (Å²) in [5.74, 6) is 0.513. The second-order valence-electron chi connectivity index (χ2n) is 6.84. The van der Waals surface area contributed by atoms with Gasteiger partial charge in [-0.2, -0.15) is 5.21 Å². The van der Waals surface area contributed by atoms with E-state index in [-0.39, 0.29) is 11.9 Å². The third-order valence-electron chi connectivity index (χ3n) is 5.20. The Morgan fingerprint density at radius 3 is 2.85 bits per heavy atom. The van der Waals surface area contributed by atoms with Crippen LogP contribution in [0.2, 0.25) is 0 Å². The molecular weight excluding hydrogens is 332 g/mol. The molecule has 4 rings (SSSR count). The van der Waals surface area contributed by atoms with Crippen LogP contribution in [-0.4, -0.2) is 81.8 Å². The van der Waals surface area contributed by atoms with Gasteiger partial charge in [0.2, 0.25) is 5.82 Å². The minimum Gasteiger partial charge on any atom is -0.379 e. The van der Waals surface area contributed by atoms with Crippen LogP contribution in [0.4, 0.5) is 0 Å². The lowest BCUT2D eigenvalue weighted by Gasteiger charge is -2.39. The van der Waals surface area contributed by atoms with Crippen LogP contribution in [0, 0.1) is 0 Å². The van der Waals surface area contributed by atoms with E-state index in [0.717, 1.165) is 57.8 Å². The van der Waals surface area contributed by atoms with Crippen LogP contribution in [0.15, 0.2) is 24.3 Å². The van der Waals surface area contributed by atoms with Crippen molar-refractivity contribution >= 4 is 5.91 Å². The number of ether oxygens (including phenoxy) is 1. The molecule has 0 saturated carbocycles. The minimum absolute atomic E-state index is 0.0587. The fraction of sp³-hybridized carbons (Fsp3) is 0.556. The highest BCUT2D eigenvalue weighted by atomic mass is 16.5. The molecule has 2 fully saturated rings. The average molecular weight is 356 g/mol. The quantitative estimate of drug-likeness (QED) is 0.886. The van der Waals surface area contributed by atoms with E-state index in [0.29, 0.717) is 11.4 Å². The number of carbonyl (C=O) groups excluding carboxylic acids is 1. The summed E-state index contributed by atoms with van der Waals surface area (Å²) in [6.07, 6.45) is 3.27. The molecule has 0 aliphatic carbocycles. The Labute approximate surface area is 152 Å². The third kappa shape index (κ3) is 3.61. The molecule has 138 valence electrons. The Kier molecular flexibility index (Phi) is 5.21. The number of hydrogen-bond donors (Lipinski definition) is 1. The zero-order valence-corrected chi connectivity index (χ0v) is 14.8. The van der Waals surface area contributed by atoms with Crippen molar-refractivity contribution in [1.82, 2.24) is 30.4 Å². The number of tetrazole rings is 1. The molecule has 1 N–H and O–H groups in total. The van der Waals surface area contributed by atoms with Gasteiger partial charge in [-0.25, -0.2) is 0 Å². The first kappa shape index (κ1) is 17.1. The molecule has 1 atom stereocenters. The van der Waals surface area contributed by atoms with Crippen molar-refractivity contribution in [3.63, 3.8) is 0 Å². The number of nitrogens with one attached hydrogen (secondary N) is 1. The second kappa shape index (κ2) is 7.92. The number of nitrogens with zero attached hydrogens (tertiary/aromatic N) is 5. The summed E-state index contributed by atoms with van der Waals surface area (Å²) in [6.45, 7) is 5.16. The van der Waals surface area contributed by atoms with Crippen LogP contribution in [0.1, 0.15) is 29.6 Å². The molecule has 26 heavy (non-hydrogen) atoms. The van der Waals surface area contributed by atoms with E-state index in [1.54, 1.807) is 0 Å². The normalized spacial score (nSPS) is 21.7. The molecule has 0 spiro atoms. The smallest absolute Gasteiger partial charge is 0.254 e. The Hall–Kier alpha value is -2.32. The molecule has 8 heteroatoms. The summed E-state index contributed by atoms with van der Waals surface area (Å²) in [6, 6.07) is 7.75. The molecule has 0 unspecified atom stereocenters. The maximum atomic E-state index is 13.4. The summed E-state index contributed by atoms with van der Waals surface area (Å²) < 4.78 is 5.44. The van der Waals surface area contributed by atoms with E-state index in [9.17, 15) is 4.79 Å². The monoisotopic (exact) mass is 356 g/mol. The summed E-state index contributed by atoms with van der Waals surface area (Å²) in [5.41, 5.74) is 1.37. The fourth-order valence-electron chi connectivity index (χ4n) is 3.83. The number of rotatable bonds is 4. The number of carbonyl (C=O) groups is 1. The second-order valence-corrected chi connectivity index (χ2v) is 6.84. The van der Waals surface area contributed by atoms with Crippen LogP contribution in [-0.2, 0) is 4.74 Å². The van der Waals surface area contributed by atoms with Gasteiger partial charge in [-0.05, 0) is 30.5 Å². The molecule has 2 aromatic rings. The first-order valence-corrected chi connectivity index (χ1v) is 9.27. The van der Waals surface area contributed by atoms with Gasteiger partial charge in [-0.1, -0.05) is 18.2 Å². The molecule has 0 radical (unpaired) electrons.